The molecule has 2 rings (SSSR count). The van der Waals surface area contributed by atoms with E-state index in [1.165, 1.54) is 18.6 Å². The van der Waals surface area contributed by atoms with Gasteiger partial charge in [0.15, 0.2) is 5.96 Å². The molecule has 24 heavy (non-hydrogen) atoms. The standard InChI is InChI=1S/C17H27N3OS2.HI/c1-3-18-16(20-14-17(2)10-7-12-22-17)19-11-13-23(21)15-8-5-4-6-9-15;/h4-6,8-9H,3,7,10-14H2,1-2H3,(H2,18,19,20);1H. The number of halogens is 1. The molecule has 0 aliphatic carbocycles. The van der Waals surface area contributed by atoms with Crippen LogP contribution in [0.2, 0.25) is 0 Å². The Bertz CT molecular complexity index is 534. The highest BCUT2D eigenvalue weighted by molar-refractivity contribution is 14.0. The molecule has 1 heterocycles. The van der Waals surface area contributed by atoms with Gasteiger partial charge >= 0.3 is 0 Å². The summed E-state index contributed by atoms with van der Waals surface area (Å²) in [6.07, 6.45) is 2.52. The van der Waals surface area contributed by atoms with Gasteiger partial charge in [-0.3, -0.25) is 9.20 Å². The van der Waals surface area contributed by atoms with Gasteiger partial charge in [0.1, 0.15) is 0 Å². The van der Waals surface area contributed by atoms with Crippen molar-refractivity contribution in [2.45, 2.75) is 36.3 Å². The fraction of sp³-hybridized carbons (Fsp3) is 0.588. The van der Waals surface area contributed by atoms with E-state index in [0.29, 0.717) is 12.3 Å². The summed E-state index contributed by atoms with van der Waals surface area (Å²) in [7, 11) is -0.967. The fourth-order valence-corrected chi connectivity index (χ4v) is 4.71. The van der Waals surface area contributed by atoms with Gasteiger partial charge in [0.05, 0.1) is 17.3 Å². The van der Waals surface area contributed by atoms with Crippen LogP contribution >= 0.6 is 35.7 Å². The molecule has 2 N–H and O–H groups in total. The maximum Gasteiger partial charge on any atom is 0.191 e. The number of hydrogen-bond acceptors (Lipinski definition) is 3. The summed E-state index contributed by atoms with van der Waals surface area (Å²) in [5, 5.41) is 6.57. The molecule has 2 atom stereocenters. The second kappa shape index (κ2) is 11.4. The average molecular weight is 481 g/mol. The first kappa shape index (κ1) is 21.8. The minimum absolute atomic E-state index is 0. The number of hydrogen-bond donors (Lipinski definition) is 2. The Morgan fingerprint density at radius 1 is 1.33 bits per heavy atom. The molecule has 2 unspecified atom stereocenters. The Labute approximate surface area is 169 Å². The first-order valence-corrected chi connectivity index (χ1v) is 10.5. The van der Waals surface area contributed by atoms with Gasteiger partial charge in [-0.15, -0.1) is 24.0 Å². The number of benzene rings is 1. The molecular weight excluding hydrogens is 453 g/mol. The minimum atomic E-state index is -0.967. The van der Waals surface area contributed by atoms with Crippen LogP contribution in [0.1, 0.15) is 26.7 Å². The predicted molar refractivity (Wildman–Crippen MR) is 117 cm³/mol. The fourth-order valence-electron chi connectivity index (χ4n) is 2.50. The van der Waals surface area contributed by atoms with Gasteiger partial charge in [-0.05, 0) is 44.6 Å². The number of aliphatic imine (C=N–C) groups is 1. The predicted octanol–water partition coefficient (Wildman–Crippen LogP) is 3.25. The van der Waals surface area contributed by atoms with E-state index in [1.54, 1.807) is 0 Å². The normalized spacial score (nSPS) is 21.8. The van der Waals surface area contributed by atoms with E-state index in [-0.39, 0.29) is 28.7 Å². The molecule has 0 saturated carbocycles. The molecule has 0 amide bonds. The number of guanidine groups is 1. The molecule has 1 aliphatic heterocycles. The van der Waals surface area contributed by atoms with Crippen LogP contribution in [0.3, 0.4) is 0 Å². The largest absolute Gasteiger partial charge is 0.357 e. The van der Waals surface area contributed by atoms with E-state index in [9.17, 15) is 4.21 Å². The lowest BCUT2D eigenvalue weighted by Crippen LogP contribution is -2.40. The highest BCUT2D eigenvalue weighted by Crippen LogP contribution is 2.37. The number of rotatable bonds is 7. The number of nitrogens with one attached hydrogen (secondary N) is 2. The second-order valence-electron chi connectivity index (χ2n) is 5.89. The summed E-state index contributed by atoms with van der Waals surface area (Å²) in [4.78, 5) is 5.59. The summed E-state index contributed by atoms with van der Waals surface area (Å²) >= 11 is 2.02. The van der Waals surface area contributed by atoms with Crippen molar-refractivity contribution in [1.29, 1.82) is 0 Å². The van der Waals surface area contributed by atoms with Gasteiger partial charge in [-0.1, -0.05) is 18.2 Å². The third kappa shape index (κ3) is 7.31. The zero-order valence-electron chi connectivity index (χ0n) is 14.4. The molecule has 4 nitrogen and oxygen atoms in total. The van der Waals surface area contributed by atoms with Crippen LogP contribution in [0, 0.1) is 0 Å². The van der Waals surface area contributed by atoms with Crippen molar-refractivity contribution in [2.24, 2.45) is 4.99 Å². The van der Waals surface area contributed by atoms with Crippen LogP contribution in [0.25, 0.3) is 0 Å². The first-order chi connectivity index (χ1) is 11.1. The van der Waals surface area contributed by atoms with Crippen molar-refractivity contribution in [2.75, 3.05) is 31.1 Å². The van der Waals surface area contributed by atoms with Crippen molar-refractivity contribution >= 4 is 52.5 Å². The van der Waals surface area contributed by atoms with E-state index < -0.39 is 10.8 Å². The van der Waals surface area contributed by atoms with Crippen LogP contribution in [-0.4, -0.2) is 46.1 Å². The van der Waals surface area contributed by atoms with Crippen LogP contribution in [-0.2, 0) is 10.8 Å². The summed E-state index contributed by atoms with van der Waals surface area (Å²) in [6.45, 7) is 6.66. The smallest absolute Gasteiger partial charge is 0.191 e. The Balaban J connectivity index is 0.00000288. The van der Waals surface area contributed by atoms with Crippen LogP contribution in [0.15, 0.2) is 40.2 Å². The van der Waals surface area contributed by atoms with E-state index in [1.807, 2.05) is 42.1 Å². The Hall–Kier alpha value is -0.280. The lowest BCUT2D eigenvalue weighted by atomic mass is 10.1. The van der Waals surface area contributed by atoms with Crippen molar-refractivity contribution in [1.82, 2.24) is 10.6 Å². The molecule has 1 fully saturated rings. The van der Waals surface area contributed by atoms with E-state index >= 15 is 0 Å². The molecule has 0 radical (unpaired) electrons. The van der Waals surface area contributed by atoms with Crippen molar-refractivity contribution < 1.29 is 4.21 Å². The van der Waals surface area contributed by atoms with Crippen LogP contribution in [0.4, 0.5) is 0 Å². The summed E-state index contributed by atoms with van der Waals surface area (Å²) in [5.74, 6) is 2.65. The monoisotopic (exact) mass is 481 g/mol. The topological polar surface area (TPSA) is 53.5 Å². The average Bonchev–Trinajstić information content (AvgIpc) is 3.00. The maximum atomic E-state index is 12.2. The molecule has 7 heteroatoms. The number of nitrogens with zero attached hydrogens (tertiary/aromatic N) is 1. The molecule has 1 aromatic rings. The van der Waals surface area contributed by atoms with Crippen molar-refractivity contribution in [3.05, 3.63) is 30.3 Å². The lowest BCUT2D eigenvalue weighted by Gasteiger charge is -2.21. The van der Waals surface area contributed by atoms with E-state index in [0.717, 1.165) is 23.9 Å². The highest BCUT2D eigenvalue weighted by atomic mass is 127. The maximum absolute atomic E-state index is 12.2. The molecule has 136 valence electrons. The second-order valence-corrected chi connectivity index (χ2v) is 9.14. The van der Waals surface area contributed by atoms with Crippen LogP contribution in [0.5, 0.6) is 0 Å². The van der Waals surface area contributed by atoms with Gasteiger partial charge in [0.2, 0.25) is 0 Å². The molecule has 0 bridgehead atoms. The molecule has 0 aromatic heterocycles. The molecular formula is C17H28IN3OS2. The van der Waals surface area contributed by atoms with Crippen molar-refractivity contribution in [3.63, 3.8) is 0 Å². The van der Waals surface area contributed by atoms with Gasteiger partial charge in [0.25, 0.3) is 0 Å². The summed E-state index contributed by atoms with van der Waals surface area (Å²) in [5.41, 5.74) is 0. The Kier molecular flexibility index (Phi) is 10.3. The van der Waals surface area contributed by atoms with Gasteiger partial charge in [-0.2, -0.15) is 11.8 Å². The third-order valence-corrected chi connectivity index (χ3v) is 6.70. The zero-order valence-corrected chi connectivity index (χ0v) is 18.4. The van der Waals surface area contributed by atoms with Gasteiger partial charge in [0, 0.05) is 28.5 Å². The van der Waals surface area contributed by atoms with E-state index in [2.05, 4.69) is 24.5 Å². The molecule has 1 aromatic carbocycles. The summed E-state index contributed by atoms with van der Waals surface area (Å²) in [6, 6.07) is 9.61. The van der Waals surface area contributed by atoms with Gasteiger partial charge < -0.3 is 10.6 Å². The van der Waals surface area contributed by atoms with E-state index in [4.69, 9.17) is 4.99 Å². The Morgan fingerprint density at radius 3 is 2.71 bits per heavy atom. The molecule has 1 aliphatic rings. The SMILES string of the molecule is CCNC(=NCC1(C)CCCS1)NCCS(=O)c1ccccc1.I. The first-order valence-electron chi connectivity index (χ1n) is 8.22. The Morgan fingerprint density at radius 2 is 2.08 bits per heavy atom. The summed E-state index contributed by atoms with van der Waals surface area (Å²) < 4.78 is 12.5. The van der Waals surface area contributed by atoms with Crippen LogP contribution < -0.4 is 10.6 Å². The van der Waals surface area contributed by atoms with Crippen molar-refractivity contribution in [3.8, 4) is 0 Å². The highest BCUT2D eigenvalue weighted by Gasteiger charge is 2.29. The van der Waals surface area contributed by atoms with Gasteiger partial charge in [-0.25, -0.2) is 0 Å². The lowest BCUT2D eigenvalue weighted by molar-refractivity contribution is 0.615. The molecule has 0 spiro atoms. The minimum Gasteiger partial charge on any atom is -0.357 e. The molecule has 1 saturated heterocycles. The third-order valence-electron chi connectivity index (χ3n) is 3.80. The number of thioether (sulfide) groups is 1. The quantitative estimate of drug-likeness (QED) is 0.357. The zero-order chi connectivity index (χ0) is 16.5.